The Labute approximate surface area is 130 Å². The highest BCUT2D eigenvalue weighted by molar-refractivity contribution is 6.74. The summed E-state index contributed by atoms with van der Waals surface area (Å²) >= 11 is 0. The van der Waals surface area contributed by atoms with Gasteiger partial charge in [0, 0.05) is 0 Å². The highest BCUT2D eigenvalue weighted by Crippen LogP contribution is 2.40. The van der Waals surface area contributed by atoms with Crippen LogP contribution in [0, 0.1) is 5.92 Å². The molecule has 4 heteroatoms. The van der Waals surface area contributed by atoms with Gasteiger partial charge < -0.3 is 9.74 Å². The van der Waals surface area contributed by atoms with Crippen molar-refractivity contribution in [1.29, 1.82) is 0 Å². The highest BCUT2D eigenvalue weighted by Gasteiger charge is 2.48. The molecule has 0 bridgehead atoms. The third kappa shape index (κ3) is 3.42. The Morgan fingerprint density at radius 1 is 1.33 bits per heavy atom. The Morgan fingerprint density at radius 3 is 2.48 bits per heavy atom. The first-order valence-electron chi connectivity index (χ1n) is 8.30. The lowest BCUT2D eigenvalue weighted by Gasteiger charge is -2.46. The zero-order chi connectivity index (χ0) is 15.8. The van der Waals surface area contributed by atoms with Crippen molar-refractivity contribution in [1.82, 2.24) is 5.32 Å². The number of hydrogen-bond donors (Lipinski definition) is 1. The fourth-order valence-electron chi connectivity index (χ4n) is 3.06. The smallest absolute Gasteiger partial charge is 0.228 e. The molecular weight excluding hydrogens is 278 g/mol. The van der Waals surface area contributed by atoms with E-state index in [9.17, 15) is 4.79 Å². The lowest BCUT2D eigenvalue weighted by molar-refractivity contribution is -0.138. The lowest BCUT2D eigenvalue weighted by Crippen LogP contribution is -2.64. The third-order valence-corrected chi connectivity index (χ3v) is 10.1. The van der Waals surface area contributed by atoms with Crippen LogP contribution in [0.5, 0.6) is 0 Å². The highest BCUT2D eigenvalue weighted by atomic mass is 28.4. The molecule has 1 amide bonds. The van der Waals surface area contributed by atoms with Gasteiger partial charge in [0.15, 0.2) is 8.32 Å². The zero-order valence-electron chi connectivity index (χ0n) is 14.5. The first-order valence-corrected chi connectivity index (χ1v) is 11.2. The molecule has 0 aromatic carbocycles. The summed E-state index contributed by atoms with van der Waals surface area (Å²) in [6.45, 7) is 13.3. The van der Waals surface area contributed by atoms with Crippen molar-refractivity contribution in [3.63, 3.8) is 0 Å². The van der Waals surface area contributed by atoms with Gasteiger partial charge in [-0.25, -0.2) is 0 Å². The van der Waals surface area contributed by atoms with Crippen molar-refractivity contribution in [2.75, 3.05) is 0 Å². The predicted molar refractivity (Wildman–Crippen MR) is 89.7 cm³/mol. The van der Waals surface area contributed by atoms with Crippen LogP contribution in [-0.2, 0) is 9.22 Å². The van der Waals surface area contributed by atoms with E-state index in [0.29, 0.717) is 0 Å². The van der Waals surface area contributed by atoms with Crippen LogP contribution in [0.1, 0.15) is 53.4 Å². The molecule has 1 aliphatic heterocycles. The van der Waals surface area contributed by atoms with Crippen molar-refractivity contribution in [2.45, 2.75) is 83.7 Å². The topological polar surface area (TPSA) is 38.3 Å². The van der Waals surface area contributed by atoms with Crippen molar-refractivity contribution in [3.8, 4) is 0 Å². The fourth-order valence-corrected chi connectivity index (χ4v) is 4.49. The van der Waals surface area contributed by atoms with Crippen LogP contribution in [0.15, 0.2) is 11.6 Å². The number of rotatable bonds is 4. The van der Waals surface area contributed by atoms with Gasteiger partial charge in [-0.3, -0.25) is 4.79 Å². The summed E-state index contributed by atoms with van der Waals surface area (Å²) in [5, 5.41) is 3.28. The summed E-state index contributed by atoms with van der Waals surface area (Å²) in [4.78, 5) is 12.1. The molecule has 0 saturated carbocycles. The van der Waals surface area contributed by atoms with E-state index < -0.39 is 8.32 Å². The maximum atomic E-state index is 12.1. The summed E-state index contributed by atoms with van der Waals surface area (Å²) < 4.78 is 6.45. The van der Waals surface area contributed by atoms with E-state index in [2.05, 4.69) is 52.2 Å². The van der Waals surface area contributed by atoms with Crippen molar-refractivity contribution in [2.24, 2.45) is 5.92 Å². The van der Waals surface area contributed by atoms with Gasteiger partial charge in [-0.05, 0) is 50.7 Å². The first kappa shape index (κ1) is 16.8. The van der Waals surface area contributed by atoms with E-state index in [1.54, 1.807) is 0 Å². The van der Waals surface area contributed by atoms with E-state index in [1.165, 1.54) is 18.4 Å². The number of carbonyl (C=O) groups excluding carboxylic acids is 1. The van der Waals surface area contributed by atoms with Crippen LogP contribution in [0.2, 0.25) is 18.1 Å². The molecule has 21 heavy (non-hydrogen) atoms. The number of carbonyl (C=O) groups is 1. The maximum absolute atomic E-state index is 12.1. The van der Waals surface area contributed by atoms with Crippen molar-refractivity contribution in [3.05, 3.63) is 11.6 Å². The minimum Gasteiger partial charge on any atom is -0.413 e. The predicted octanol–water partition coefficient (Wildman–Crippen LogP) is 4.01. The Morgan fingerprint density at radius 2 is 2.00 bits per heavy atom. The molecule has 0 aromatic rings. The summed E-state index contributed by atoms with van der Waals surface area (Å²) in [7, 11) is -1.82. The molecule has 1 N–H and O–H groups in total. The van der Waals surface area contributed by atoms with Gasteiger partial charge in [0.1, 0.15) is 0 Å². The second kappa shape index (κ2) is 5.88. The minimum atomic E-state index is -1.82. The molecule has 0 unspecified atom stereocenters. The number of amides is 1. The van der Waals surface area contributed by atoms with E-state index in [0.717, 1.165) is 12.8 Å². The van der Waals surface area contributed by atoms with Crippen LogP contribution >= 0.6 is 0 Å². The van der Waals surface area contributed by atoms with Crippen LogP contribution < -0.4 is 5.32 Å². The standard InChI is InChI=1S/C17H31NO2Si/c1-12(20-21(5,6)17(2,3)4)14-15(18-16(14)19)13-10-8-7-9-11-13/h10,12,14-15H,7-9,11H2,1-6H3,(H,18,19)/t12-,14-,15+/m1/s1. The monoisotopic (exact) mass is 309 g/mol. The molecular formula is C17H31NO2Si. The van der Waals surface area contributed by atoms with Gasteiger partial charge in [-0.15, -0.1) is 0 Å². The van der Waals surface area contributed by atoms with Gasteiger partial charge in [0.2, 0.25) is 5.91 Å². The quantitative estimate of drug-likeness (QED) is 0.484. The largest absolute Gasteiger partial charge is 0.413 e. The number of β-lactam (4-membered cyclic amide) rings is 1. The minimum absolute atomic E-state index is 0.00322. The molecule has 1 heterocycles. The zero-order valence-corrected chi connectivity index (χ0v) is 15.5. The van der Waals surface area contributed by atoms with Crippen LogP contribution in [0.4, 0.5) is 0 Å². The van der Waals surface area contributed by atoms with Crippen molar-refractivity contribution >= 4 is 14.2 Å². The number of hydrogen-bond acceptors (Lipinski definition) is 2. The molecule has 3 nitrogen and oxygen atoms in total. The van der Waals surface area contributed by atoms with E-state index >= 15 is 0 Å². The molecule has 120 valence electrons. The molecule has 1 aliphatic carbocycles. The summed E-state index contributed by atoms with van der Waals surface area (Å²) in [5.41, 5.74) is 1.43. The van der Waals surface area contributed by atoms with Crippen molar-refractivity contribution < 1.29 is 9.22 Å². The molecule has 2 aliphatic rings. The Bertz CT molecular complexity index is 437. The Balaban J connectivity index is 2.05. The molecule has 0 spiro atoms. The SMILES string of the molecule is C[C@@H](O[Si](C)(C)C(C)(C)C)[C@H]1C(=O)N[C@H]1C1=CCCCC1. The average Bonchev–Trinajstić information content (AvgIpc) is 2.34. The normalized spacial score (nSPS) is 28.5. The molecule has 2 rings (SSSR count). The van der Waals surface area contributed by atoms with Gasteiger partial charge in [0.05, 0.1) is 18.1 Å². The van der Waals surface area contributed by atoms with Gasteiger partial charge in [-0.1, -0.05) is 32.4 Å². The second-order valence-electron chi connectivity index (χ2n) is 8.12. The van der Waals surface area contributed by atoms with Crippen LogP contribution in [0.25, 0.3) is 0 Å². The van der Waals surface area contributed by atoms with Crippen LogP contribution in [-0.4, -0.2) is 26.4 Å². The number of allylic oxidation sites excluding steroid dienone is 1. The maximum Gasteiger partial charge on any atom is 0.228 e. The molecule has 1 saturated heterocycles. The second-order valence-corrected chi connectivity index (χ2v) is 12.9. The number of nitrogens with one attached hydrogen (secondary N) is 1. The van der Waals surface area contributed by atoms with Crippen LogP contribution in [0.3, 0.4) is 0 Å². The molecule has 0 aromatic heterocycles. The van der Waals surface area contributed by atoms with E-state index in [-0.39, 0.29) is 29.0 Å². The van der Waals surface area contributed by atoms with E-state index in [4.69, 9.17) is 4.43 Å². The summed E-state index contributed by atoms with van der Waals surface area (Å²) in [6.07, 6.45) is 7.17. The molecule has 1 fully saturated rings. The molecule has 3 atom stereocenters. The first-order chi connectivity index (χ1) is 9.63. The summed E-state index contributed by atoms with van der Waals surface area (Å²) in [5.74, 6) is 0.168. The van der Waals surface area contributed by atoms with Gasteiger partial charge >= 0.3 is 0 Å². The lowest BCUT2D eigenvalue weighted by atomic mass is 9.78. The van der Waals surface area contributed by atoms with Gasteiger partial charge in [0.25, 0.3) is 0 Å². The fraction of sp³-hybridized carbons (Fsp3) is 0.824. The van der Waals surface area contributed by atoms with Gasteiger partial charge in [-0.2, -0.15) is 0 Å². The molecule has 0 radical (unpaired) electrons. The Kier molecular flexibility index (Phi) is 4.69. The summed E-state index contributed by atoms with van der Waals surface area (Å²) in [6, 6.07) is 0.220. The Hall–Kier alpha value is -0.613. The average molecular weight is 310 g/mol. The van der Waals surface area contributed by atoms with E-state index in [1.807, 2.05) is 0 Å². The third-order valence-electron chi connectivity index (χ3n) is 5.48.